The van der Waals surface area contributed by atoms with Crippen molar-refractivity contribution in [1.82, 2.24) is 4.98 Å². The van der Waals surface area contributed by atoms with Gasteiger partial charge in [-0.25, -0.2) is 0 Å². The fourth-order valence-electron chi connectivity index (χ4n) is 3.99. The maximum absolute atomic E-state index is 6.16. The van der Waals surface area contributed by atoms with Gasteiger partial charge in [0.15, 0.2) is 5.88 Å². The molecule has 1 unspecified atom stereocenters. The van der Waals surface area contributed by atoms with E-state index in [0.717, 1.165) is 17.1 Å². The van der Waals surface area contributed by atoms with E-state index in [1.807, 2.05) is 6.20 Å². The molecule has 0 spiro atoms. The highest BCUT2D eigenvalue weighted by atomic mass is 16.5. The Balaban J connectivity index is 2.02. The Morgan fingerprint density at radius 3 is 2.74 bits per heavy atom. The third-order valence-electron chi connectivity index (χ3n) is 4.78. The first-order valence-corrected chi connectivity index (χ1v) is 8.11. The van der Waals surface area contributed by atoms with Crippen LogP contribution in [0.1, 0.15) is 43.6 Å². The average Bonchev–Trinajstić information content (AvgIpc) is 2.85. The number of hydrogen-bond donors (Lipinski definition) is 3. The number of rotatable bonds is 1. The smallest absolute Gasteiger partial charge is 0.199 e. The zero-order valence-corrected chi connectivity index (χ0v) is 14.1. The van der Waals surface area contributed by atoms with Gasteiger partial charge in [0.2, 0.25) is 0 Å². The number of anilines is 1. The van der Waals surface area contributed by atoms with E-state index in [9.17, 15) is 0 Å². The molecular weight excluding hydrogens is 286 g/mol. The zero-order valence-electron chi connectivity index (χ0n) is 14.1. The summed E-state index contributed by atoms with van der Waals surface area (Å²) < 4.78 is 6.16. The van der Waals surface area contributed by atoms with E-state index < -0.39 is 0 Å². The maximum Gasteiger partial charge on any atom is 0.199 e. The van der Waals surface area contributed by atoms with Gasteiger partial charge in [0, 0.05) is 35.1 Å². The number of aryl methyl sites for hydroxylation is 1. The fourth-order valence-corrected chi connectivity index (χ4v) is 3.99. The molecule has 0 bridgehead atoms. The normalized spacial score (nSPS) is 20.6. The lowest BCUT2D eigenvalue weighted by molar-refractivity contribution is 0.203. The third kappa shape index (κ3) is 2.01. The van der Waals surface area contributed by atoms with Crippen LogP contribution in [0.25, 0.3) is 16.7 Å². The van der Waals surface area contributed by atoms with Crippen LogP contribution in [-0.2, 0) is 0 Å². The van der Waals surface area contributed by atoms with Gasteiger partial charge in [0.05, 0.1) is 5.54 Å². The molecule has 0 saturated heterocycles. The molecule has 2 aliphatic rings. The molecule has 4 rings (SSSR count). The van der Waals surface area contributed by atoms with Gasteiger partial charge in [0.1, 0.15) is 6.10 Å². The number of nitrogens with one attached hydrogen (secondary N) is 2. The summed E-state index contributed by atoms with van der Waals surface area (Å²) in [5, 5.41) is 3.61. The van der Waals surface area contributed by atoms with Crippen molar-refractivity contribution in [2.45, 2.75) is 39.3 Å². The summed E-state index contributed by atoms with van der Waals surface area (Å²) in [6.45, 7) is 9.11. The lowest BCUT2D eigenvalue weighted by Crippen LogP contribution is -2.33. The number of aromatic amines is 1. The van der Waals surface area contributed by atoms with Gasteiger partial charge in [-0.15, -0.1) is 0 Å². The van der Waals surface area contributed by atoms with Crippen molar-refractivity contribution in [2.75, 3.05) is 11.9 Å². The van der Waals surface area contributed by atoms with Crippen molar-refractivity contribution < 1.29 is 4.74 Å². The quantitative estimate of drug-likeness (QED) is 0.746. The number of hydrogen-bond acceptors (Lipinski definition) is 3. The second-order valence-electron chi connectivity index (χ2n) is 7.14. The summed E-state index contributed by atoms with van der Waals surface area (Å²) in [7, 11) is 0. The highest BCUT2D eigenvalue weighted by molar-refractivity contribution is 5.90. The van der Waals surface area contributed by atoms with Crippen LogP contribution < -0.4 is 15.8 Å². The number of nitrogens with two attached hydrogens (primary N) is 1. The molecule has 1 atom stereocenters. The molecule has 120 valence electrons. The second-order valence-corrected chi connectivity index (χ2v) is 7.14. The van der Waals surface area contributed by atoms with Gasteiger partial charge < -0.3 is 20.8 Å². The van der Waals surface area contributed by atoms with Crippen LogP contribution >= 0.6 is 0 Å². The van der Waals surface area contributed by atoms with Crippen LogP contribution in [0.15, 0.2) is 24.4 Å². The SMILES string of the molecule is CC1=CC(C)(C)Nc2ccc3c(c21)C(CN)Oc1[nH]cc(C)c1-3. The second kappa shape index (κ2) is 4.65. The van der Waals surface area contributed by atoms with Crippen LogP contribution in [0.5, 0.6) is 5.88 Å². The van der Waals surface area contributed by atoms with E-state index in [2.05, 4.69) is 56.2 Å². The number of H-pyrrole nitrogens is 1. The molecule has 0 saturated carbocycles. The molecular formula is C19H23N3O. The molecule has 0 aliphatic carbocycles. The minimum atomic E-state index is -0.128. The van der Waals surface area contributed by atoms with Gasteiger partial charge in [-0.1, -0.05) is 12.1 Å². The number of fused-ring (bicyclic) bond motifs is 5. The summed E-state index contributed by atoms with van der Waals surface area (Å²) in [5.74, 6) is 0.830. The van der Waals surface area contributed by atoms with Crippen LogP contribution in [0.4, 0.5) is 5.69 Å². The number of aromatic nitrogens is 1. The molecule has 23 heavy (non-hydrogen) atoms. The van der Waals surface area contributed by atoms with E-state index >= 15 is 0 Å². The van der Waals surface area contributed by atoms with Crippen molar-refractivity contribution in [2.24, 2.45) is 5.73 Å². The molecule has 1 aromatic heterocycles. The van der Waals surface area contributed by atoms with Crippen molar-refractivity contribution in [3.05, 3.63) is 41.1 Å². The maximum atomic E-state index is 6.16. The number of benzene rings is 1. The highest BCUT2D eigenvalue weighted by Crippen LogP contribution is 2.49. The van der Waals surface area contributed by atoms with Crippen molar-refractivity contribution in [3.63, 3.8) is 0 Å². The molecule has 0 amide bonds. The molecule has 0 fully saturated rings. The predicted molar refractivity (Wildman–Crippen MR) is 94.7 cm³/mol. The first-order chi connectivity index (χ1) is 10.9. The number of ether oxygens (including phenoxy) is 1. The summed E-state index contributed by atoms with van der Waals surface area (Å²) in [5.41, 5.74) is 14.5. The summed E-state index contributed by atoms with van der Waals surface area (Å²) in [6.07, 6.45) is 4.15. The van der Waals surface area contributed by atoms with Gasteiger partial charge in [-0.2, -0.15) is 0 Å². The van der Waals surface area contributed by atoms with E-state index in [4.69, 9.17) is 10.5 Å². The summed E-state index contributed by atoms with van der Waals surface area (Å²) >= 11 is 0. The van der Waals surface area contributed by atoms with E-state index in [1.54, 1.807) is 0 Å². The summed E-state index contributed by atoms with van der Waals surface area (Å²) in [4.78, 5) is 3.23. The Morgan fingerprint density at radius 1 is 1.22 bits per heavy atom. The largest absolute Gasteiger partial charge is 0.469 e. The number of allylic oxidation sites excluding steroid dienone is 1. The third-order valence-corrected chi connectivity index (χ3v) is 4.78. The van der Waals surface area contributed by atoms with Gasteiger partial charge in [-0.05, 0) is 50.5 Å². The van der Waals surface area contributed by atoms with Crippen molar-refractivity contribution in [1.29, 1.82) is 0 Å². The Morgan fingerprint density at radius 2 is 2.00 bits per heavy atom. The predicted octanol–water partition coefficient (Wildman–Crippen LogP) is 3.99. The zero-order chi connectivity index (χ0) is 16.4. The first kappa shape index (κ1) is 14.4. The lowest BCUT2D eigenvalue weighted by atomic mass is 9.82. The fraction of sp³-hybridized carbons (Fsp3) is 0.368. The Labute approximate surface area is 136 Å². The average molecular weight is 309 g/mol. The molecule has 0 radical (unpaired) electrons. The Kier molecular flexibility index (Phi) is 2.91. The van der Waals surface area contributed by atoms with Crippen LogP contribution in [-0.4, -0.2) is 17.1 Å². The van der Waals surface area contributed by atoms with E-state index in [1.165, 1.54) is 27.8 Å². The molecule has 4 N–H and O–H groups in total. The summed E-state index contributed by atoms with van der Waals surface area (Å²) in [6, 6.07) is 4.38. The molecule has 3 heterocycles. The van der Waals surface area contributed by atoms with Crippen LogP contribution in [0, 0.1) is 6.92 Å². The topological polar surface area (TPSA) is 63.1 Å². The minimum absolute atomic E-state index is 0.0474. The monoisotopic (exact) mass is 309 g/mol. The Hall–Kier alpha value is -2.20. The van der Waals surface area contributed by atoms with Gasteiger partial charge in [0.25, 0.3) is 0 Å². The molecule has 2 aromatic rings. The van der Waals surface area contributed by atoms with Crippen molar-refractivity contribution in [3.8, 4) is 17.0 Å². The first-order valence-electron chi connectivity index (χ1n) is 8.11. The molecule has 4 heteroatoms. The molecule has 2 aliphatic heterocycles. The van der Waals surface area contributed by atoms with E-state index in [-0.39, 0.29) is 11.6 Å². The lowest BCUT2D eigenvalue weighted by Gasteiger charge is -2.36. The molecule has 1 aromatic carbocycles. The highest BCUT2D eigenvalue weighted by Gasteiger charge is 2.34. The van der Waals surface area contributed by atoms with Gasteiger partial charge in [-0.3, -0.25) is 0 Å². The minimum Gasteiger partial charge on any atom is -0.469 e. The standard InChI is InChI=1S/C19H23N3O/c1-10-7-19(3,4)22-13-6-5-12-15-11(2)9-21-18(15)23-14(8-20)17(12)16(10)13/h5-7,9,14,21-22H,8,20H2,1-4H3. The van der Waals surface area contributed by atoms with Crippen LogP contribution in [0.2, 0.25) is 0 Å². The van der Waals surface area contributed by atoms with Crippen molar-refractivity contribution >= 4 is 11.3 Å². The van der Waals surface area contributed by atoms with E-state index in [0.29, 0.717) is 6.54 Å². The van der Waals surface area contributed by atoms with Crippen LogP contribution in [0.3, 0.4) is 0 Å². The van der Waals surface area contributed by atoms with Gasteiger partial charge >= 0.3 is 0 Å². The molecule has 4 nitrogen and oxygen atoms in total. The Bertz CT molecular complexity index is 829.